The van der Waals surface area contributed by atoms with Crippen molar-refractivity contribution in [2.24, 2.45) is 0 Å². The third kappa shape index (κ3) is 4.70. The molecule has 0 saturated heterocycles. The van der Waals surface area contributed by atoms with Crippen LogP contribution in [-0.4, -0.2) is 37.2 Å². The molecule has 1 aromatic heterocycles. The fourth-order valence-electron chi connectivity index (χ4n) is 1.19. The highest BCUT2D eigenvalue weighted by Crippen LogP contribution is 2.18. The SMILES string of the molecule is COCCNC(=O)C(C)Nc1ncccc1Br. The molecule has 1 rings (SSSR count). The van der Waals surface area contributed by atoms with Crippen LogP contribution in [0.2, 0.25) is 0 Å². The monoisotopic (exact) mass is 301 g/mol. The predicted molar refractivity (Wildman–Crippen MR) is 69.9 cm³/mol. The van der Waals surface area contributed by atoms with E-state index in [1.54, 1.807) is 20.2 Å². The maximum Gasteiger partial charge on any atom is 0.242 e. The van der Waals surface area contributed by atoms with Crippen LogP contribution < -0.4 is 10.6 Å². The van der Waals surface area contributed by atoms with Gasteiger partial charge in [-0.2, -0.15) is 0 Å². The maximum atomic E-state index is 11.7. The molecule has 0 aromatic carbocycles. The summed E-state index contributed by atoms with van der Waals surface area (Å²) in [5, 5.41) is 5.78. The number of nitrogens with one attached hydrogen (secondary N) is 2. The van der Waals surface area contributed by atoms with Gasteiger partial charge in [0.1, 0.15) is 11.9 Å². The van der Waals surface area contributed by atoms with Crippen LogP contribution in [0.5, 0.6) is 0 Å². The third-order valence-corrected chi connectivity index (χ3v) is 2.75. The van der Waals surface area contributed by atoms with E-state index in [-0.39, 0.29) is 11.9 Å². The average Bonchev–Trinajstić information content (AvgIpc) is 2.32. The number of nitrogens with zero attached hydrogens (tertiary/aromatic N) is 1. The zero-order valence-electron chi connectivity index (χ0n) is 9.87. The van der Waals surface area contributed by atoms with Gasteiger partial charge in [-0.25, -0.2) is 4.98 Å². The van der Waals surface area contributed by atoms with Gasteiger partial charge in [0.15, 0.2) is 0 Å². The zero-order valence-corrected chi connectivity index (χ0v) is 11.5. The Labute approximate surface area is 109 Å². The molecule has 1 amide bonds. The molecule has 0 spiro atoms. The van der Waals surface area contributed by atoms with Gasteiger partial charge in [-0.05, 0) is 35.0 Å². The number of methoxy groups -OCH3 is 1. The first kappa shape index (κ1) is 13.9. The number of anilines is 1. The van der Waals surface area contributed by atoms with Gasteiger partial charge in [-0.15, -0.1) is 0 Å². The Morgan fingerprint density at radius 3 is 3.06 bits per heavy atom. The molecule has 94 valence electrons. The van der Waals surface area contributed by atoms with Gasteiger partial charge < -0.3 is 15.4 Å². The second-order valence-corrected chi connectivity index (χ2v) is 4.34. The van der Waals surface area contributed by atoms with Crippen molar-refractivity contribution in [2.75, 3.05) is 25.6 Å². The minimum atomic E-state index is -0.349. The predicted octanol–water partition coefficient (Wildman–Crippen LogP) is 1.41. The van der Waals surface area contributed by atoms with E-state index in [4.69, 9.17) is 4.74 Å². The number of pyridine rings is 1. The Balaban J connectivity index is 2.46. The minimum absolute atomic E-state index is 0.0837. The van der Waals surface area contributed by atoms with Gasteiger partial charge in [0.2, 0.25) is 5.91 Å². The van der Waals surface area contributed by atoms with Crippen LogP contribution in [0.15, 0.2) is 22.8 Å². The summed E-state index contributed by atoms with van der Waals surface area (Å²) < 4.78 is 5.68. The van der Waals surface area contributed by atoms with Gasteiger partial charge in [-0.3, -0.25) is 4.79 Å². The van der Waals surface area contributed by atoms with Crippen LogP contribution in [0, 0.1) is 0 Å². The van der Waals surface area contributed by atoms with E-state index in [0.29, 0.717) is 19.0 Å². The lowest BCUT2D eigenvalue weighted by atomic mass is 10.3. The van der Waals surface area contributed by atoms with Crippen LogP contribution in [0.1, 0.15) is 6.92 Å². The minimum Gasteiger partial charge on any atom is -0.383 e. The average molecular weight is 302 g/mol. The lowest BCUT2D eigenvalue weighted by Gasteiger charge is -2.15. The number of halogens is 1. The number of hydrogen-bond acceptors (Lipinski definition) is 4. The molecule has 17 heavy (non-hydrogen) atoms. The summed E-state index contributed by atoms with van der Waals surface area (Å²) in [4.78, 5) is 15.8. The van der Waals surface area contributed by atoms with Crippen molar-refractivity contribution in [1.82, 2.24) is 10.3 Å². The molecule has 1 unspecified atom stereocenters. The molecule has 1 aromatic rings. The fourth-order valence-corrected chi connectivity index (χ4v) is 1.56. The number of rotatable bonds is 6. The Kier molecular flexibility index (Phi) is 5.93. The number of amides is 1. The van der Waals surface area contributed by atoms with Crippen LogP contribution in [0.3, 0.4) is 0 Å². The lowest BCUT2D eigenvalue weighted by molar-refractivity contribution is -0.121. The molecule has 0 fully saturated rings. The standard InChI is InChI=1S/C11H16BrN3O2/c1-8(11(16)14-6-7-17-2)15-10-9(12)4-3-5-13-10/h3-5,8H,6-7H2,1-2H3,(H,13,15)(H,14,16). The normalized spacial score (nSPS) is 11.9. The van der Waals surface area contributed by atoms with E-state index in [2.05, 4.69) is 31.5 Å². The highest BCUT2D eigenvalue weighted by atomic mass is 79.9. The number of hydrogen-bond donors (Lipinski definition) is 2. The fraction of sp³-hybridized carbons (Fsp3) is 0.455. The molecule has 1 atom stereocenters. The van der Waals surface area contributed by atoms with E-state index in [1.807, 2.05) is 12.1 Å². The van der Waals surface area contributed by atoms with Crippen molar-refractivity contribution >= 4 is 27.7 Å². The van der Waals surface area contributed by atoms with Crippen molar-refractivity contribution in [2.45, 2.75) is 13.0 Å². The molecule has 0 aliphatic carbocycles. The van der Waals surface area contributed by atoms with E-state index in [9.17, 15) is 4.79 Å². The van der Waals surface area contributed by atoms with Gasteiger partial charge in [0.25, 0.3) is 0 Å². The zero-order chi connectivity index (χ0) is 12.7. The maximum absolute atomic E-state index is 11.7. The quantitative estimate of drug-likeness (QED) is 0.780. The second-order valence-electron chi connectivity index (χ2n) is 3.48. The van der Waals surface area contributed by atoms with E-state index >= 15 is 0 Å². The summed E-state index contributed by atoms with van der Waals surface area (Å²) in [5.41, 5.74) is 0. The Hall–Kier alpha value is -1.14. The highest BCUT2D eigenvalue weighted by Gasteiger charge is 2.13. The van der Waals surface area contributed by atoms with Crippen molar-refractivity contribution in [3.63, 3.8) is 0 Å². The van der Waals surface area contributed by atoms with Gasteiger partial charge >= 0.3 is 0 Å². The number of ether oxygens (including phenoxy) is 1. The number of aromatic nitrogens is 1. The Bertz CT molecular complexity index is 373. The van der Waals surface area contributed by atoms with Gasteiger partial charge in [-0.1, -0.05) is 0 Å². The first-order valence-corrected chi connectivity index (χ1v) is 6.08. The number of carbonyl (C=O) groups is 1. The molecule has 2 N–H and O–H groups in total. The molecule has 0 bridgehead atoms. The highest BCUT2D eigenvalue weighted by molar-refractivity contribution is 9.10. The van der Waals surface area contributed by atoms with Crippen molar-refractivity contribution in [3.05, 3.63) is 22.8 Å². The first-order chi connectivity index (χ1) is 8.15. The summed E-state index contributed by atoms with van der Waals surface area (Å²) in [6.07, 6.45) is 1.67. The summed E-state index contributed by atoms with van der Waals surface area (Å²) >= 11 is 3.36. The second kappa shape index (κ2) is 7.24. The summed E-state index contributed by atoms with van der Waals surface area (Å²) in [6, 6.07) is 3.33. The third-order valence-electron chi connectivity index (χ3n) is 2.11. The summed E-state index contributed by atoms with van der Waals surface area (Å²) in [5.74, 6) is 0.571. The van der Waals surface area contributed by atoms with Gasteiger partial charge in [0.05, 0.1) is 11.1 Å². The number of carbonyl (C=O) groups excluding carboxylic acids is 1. The Morgan fingerprint density at radius 1 is 1.65 bits per heavy atom. The van der Waals surface area contributed by atoms with Crippen LogP contribution in [0.4, 0.5) is 5.82 Å². The van der Waals surface area contributed by atoms with Gasteiger partial charge in [0, 0.05) is 19.9 Å². The molecule has 0 aliphatic rings. The van der Waals surface area contributed by atoms with Crippen molar-refractivity contribution in [1.29, 1.82) is 0 Å². The molecular formula is C11H16BrN3O2. The smallest absolute Gasteiger partial charge is 0.242 e. The lowest BCUT2D eigenvalue weighted by Crippen LogP contribution is -2.39. The molecule has 1 heterocycles. The van der Waals surface area contributed by atoms with Crippen molar-refractivity contribution in [3.8, 4) is 0 Å². The summed E-state index contributed by atoms with van der Waals surface area (Å²) in [7, 11) is 1.60. The first-order valence-electron chi connectivity index (χ1n) is 5.29. The van der Waals surface area contributed by atoms with E-state index < -0.39 is 0 Å². The van der Waals surface area contributed by atoms with Crippen molar-refractivity contribution < 1.29 is 9.53 Å². The van der Waals surface area contributed by atoms with E-state index in [1.165, 1.54) is 0 Å². The van der Waals surface area contributed by atoms with Crippen LogP contribution in [-0.2, 0) is 9.53 Å². The molecular weight excluding hydrogens is 286 g/mol. The van der Waals surface area contributed by atoms with Crippen LogP contribution in [0.25, 0.3) is 0 Å². The molecule has 0 aliphatic heterocycles. The Morgan fingerprint density at radius 2 is 2.41 bits per heavy atom. The molecule has 5 nitrogen and oxygen atoms in total. The topological polar surface area (TPSA) is 63.2 Å². The molecule has 0 saturated carbocycles. The molecule has 6 heteroatoms. The largest absolute Gasteiger partial charge is 0.383 e. The van der Waals surface area contributed by atoms with E-state index in [0.717, 1.165) is 4.47 Å². The molecule has 0 radical (unpaired) electrons. The summed E-state index contributed by atoms with van der Waals surface area (Å²) in [6.45, 7) is 2.79. The van der Waals surface area contributed by atoms with Crippen LogP contribution >= 0.6 is 15.9 Å².